The van der Waals surface area contributed by atoms with E-state index in [0.717, 1.165) is 16.6 Å². The van der Waals surface area contributed by atoms with Gasteiger partial charge in [0.25, 0.3) is 0 Å². The van der Waals surface area contributed by atoms with Crippen molar-refractivity contribution >= 4 is 11.9 Å². The monoisotopic (exact) mass is 371 g/mol. The zero-order chi connectivity index (χ0) is 18.7. The summed E-state index contributed by atoms with van der Waals surface area (Å²) in [6.07, 6.45) is 1.01. The molecule has 1 aromatic heterocycles. The SMILES string of the molecule is CSNC[C@H](n1cnc(-c2ccc(CC(C)(C)C)cc2)c1)C(F)(F)F. The lowest BCUT2D eigenvalue weighted by molar-refractivity contribution is -0.165. The Morgan fingerprint density at radius 1 is 1.16 bits per heavy atom. The molecule has 0 aliphatic carbocycles. The van der Waals surface area contributed by atoms with Gasteiger partial charge in [-0.1, -0.05) is 57.0 Å². The van der Waals surface area contributed by atoms with Crippen molar-refractivity contribution in [1.82, 2.24) is 14.3 Å². The molecule has 0 unspecified atom stereocenters. The highest BCUT2D eigenvalue weighted by molar-refractivity contribution is 7.96. The van der Waals surface area contributed by atoms with E-state index in [1.807, 2.05) is 24.3 Å². The van der Waals surface area contributed by atoms with E-state index in [1.54, 1.807) is 6.26 Å². The molecule has 1 heterocycles. The Balaban J connectivity index is 2.19. The fraction of sp³-hybridized carbons (Fsp3) is 0.500. The van der Waals surface area contributed by atoms with Gasteiger partial charge < -0.3 is 4.57 Å². The van der Waals surface area contributed by atoms with E-state index in [-0.39, 0.29) is 12.0 Å². The van der Waals surface area contributed by atoms with Crippen LogP contribution < -0.4 is 4.72 Å². The van der Waals surface area contributed by atoms with Crippen molar-refractivity contribution in [2.24, 2.45) is 5.41 Å². The number of benzene rings is 1. The second-order valence-electron chi connectivity index (χ2n) is 7.25. The van der Waals surface area contributed by atoms with Crippen molar-refractivity contribution in [3.63, 3.8) is 0 Å². The summed E-state index contributed by atoms with van der Waals surface area (Å²) < 4.78 is 43.6. The van der Waals surface area contributed by atoms with Gasteiger partial charge in [0.15, 0.2) is 0 Å². The molecular weight excluding hydrogens is 347 g/mol. The fourth-order valence-electron chi connectivity index (χ4n) is 2.61. The quantitative estimate of drug-likeness (QED) is 0.716. The highest BCUT2D eigenvalue weighted by Crippen LogP contribution is 2.31. The predicted molar refractivity (Wildman–Crippen MR) is 97.4 cm³/mol. The van der Waals surface area contributed by atoms with Crippen molar-refractivity contribution in [2.45, 2.75) is 39.4 Å². The Kier molecular flexibility index (Phi) is 6.21. The molecule has 1 atom stereocenters. The molecule has 0 radical (unpaired) electrons. The van der Waals surface area contributed by atoms with Gasteiger partial charge >= 0.3 is 6.18 Å². The Morgan fingerprint density at radius 3 is 2.32 bits per heavy atom. The largest absolute Gasteiger partial charge is 0.410 e. The number of nitrogens with one attached hydrogen (secondary N) is 1. The second kappa shape index (κ2) is 7.83. The van der Waals surface area contributed by atoms with Gasteiger partial charge in [-0.3, -0.25) is 4.72 Å². The predicted octanol–water partition coefficient (Wildman–Crippen LogP) is 5.11. The summed E-state index contributed by atoms with van der Waals surface area (Å²) in [7, 11) is 0. The maximum absolute atomic E-state index is 13.3. The van der Waals surface area contributed by atoms with Crippen LogP contribution in [0.2, 0.25) is 0 Å². The highest BCUT2D eigenvalue weighted by Gasteiger charge is 2.40. The van der Waals surface area contributed by atoms with Crippen molar-refractivity contribution in [1.29, 1.82) is 0 Å². The van der Waals surface area contributed by atoms with Gasteiger partial charge in [0.05, 0.1) is 12.0 Å². The topological polar surface area (TPSA) is 29.9 Å². The maximum atomic E-state index is 13.3. The van der Waals surface area contributed by atoms with E-state index in [2.05, 4.69) is 30.5 Å². The summed E-state index contributed by atoms with van der Waals surface area (Å²) in [4.78, 5) is 4.16. The molecule has 25 heavy (non-hydrogen) atoms. The lowest BCUT2D eigenvalue weighted by atomic mass is 9.88. The molecule has 0 saturated carbocycles. The van der Waals surface area contributed by atoms with Crippen LogP contribution in [0, 0.1) is 5.41 Å². The third-order valence-corrected chi connectivity index (χ3v) is 4.20. The van der Waals surface area contributed by atoms with Crippen LogP contribution in [0.3, 0.4) is 0 Å². The van der Waals surface area contributed by atoms with Crippen LogP contribution in [0.5, 0.6) is 0 Å². The summed E-state index contributed by atoms with van der Waals surface area (Å²) in [5.41, 5.74) is 2.75. The molecule has 0 amide bonds. The Bertz CT molecular complexity index is 672. The summed E-state index contributed by atoms with van der Waals surface area (Å²) in [6.45, 7) is 6.30. The van der Waals surface area contributed by atoms with Crippen LogP contribution in [-0.2, 0) is 6.42 Å². The third-order valence-electron chi connectivity index (χ3n) is 3.74. The fourth-order valence-corrected chi connectivity index (χ4v) is 2.94. The minimum Gasteiger partial charge on any atom is -0.323 e. The van der Waals surface area contributed by atoms with Crippen LogP contribution in [0.1, 0.15) is 32.4 Å². The number of alkyl halides is 3. The molecule has 0 aliphatic heterocycles. The molecule has 138 valence electrons. The summed E-state index contributed by atoms with van der Waals surface area (Å²) in [5, 5.41) is 0. The average Bonchev–Trinajstić information content (AvgIpc) is 2.95. The zero-order valence-corrected chi connectivity index (χ0v) is 15.7. The third kappa shape index (κ3) is 5.78. The maximum Gasteiger partial charge on any atom is 0.410 e. The number of rotatable bonds is 6. The minimum atomic E-state index is -4.34. The van der Waals surface area contributed by atoms with E-state index >= 15 is 0 Å². The first-order valence-corrected chi connectivity index (χ1v) is 9.28. The van der Waals surface area contributed by atoms with Crippen molar-refractivity contribution in [3.8, 4) is 11.3 Å². The molecule has 0 aliphatic rings. The molecule has 0 bridgehead atoms. The van der Waals surface area contributed by atoms with E-state index in [1.165, 1.54) is 30.0 Å². The Morgan fingerprint density at radius 2 is 1.80 bits per heavy atom. The van der Waals surface area contributed by atoms with Crippen molar-refractivity contribution in [2.75, 3.05) is 12.8 Å². The normalized spacial score (nSPS) is 13.9. The number of nitrogens with zero attached hydrogens (tertiary/aromatic N) is 2. The molecule has 0 saturated heterocycles. The lowest BCUT2D eigenvalue weighted by Gasteiger charge is -2.21. The number of halogens is 3. The van der Waals surface area contributed by atoms with Crippen LogP contribution in [0.25, 0.3) is 11.3 Å². The van der Waals surface area contributed by atoms with Gasteiger partial charge in [0, 0.05) is 18.3 Å². The second-order valence-corrected chi connectivity index (χ2v) is 7.95. The van der Waals surface area contributed by atoms with Crippen LogP contribution in [0.4, 0.5) is 13.2 Å². The molecular formula is C18H24F3N3S. The van der Waals surface area contributed by atoms with E-state index < -0.39 is 12.2 Å². The lowest BCUT2D eigenvalue weighted by Crippen LogP contribution is -2.33. The standard InChI is InChI=1S/C18H24F3N3S/c1-17(2,3)9-13-5-7-14(8-6-13)15-11-24(12-22-15)16(10-23-25-4)18(19,20)21/h5-8,11-12,16,23H,9-10H2,1-4H3/t16-/m0/s1. The van der Waals surface area contributed by atoms with E-state index in [9.17, 15) is 13.2 Å². The first kappa shape index (κ1) is 19.8. The molecule has 3 nitrogen and oxygen atoms in total. The highest BCUT2D eigenvalue weighted by atomic mass is 32.2. The summed E-state index contributed by atoms with van der Waals surface area (Å²) in [5.74, 6) is 0. The molecule has 1 N–H and O–H groups in total. The summed E-state index contributed by atoms with van der Waals surface area (Å²) in [6, 6.07) is 6.21. The minimum absolute atomic E-state index is 0.188. The molecule has 2 rings (SSSR count). The van der Waals surface area contributed by atoms with Gasteiger partial charge in [-0.2, -0.15) is 13.2 Å². The number of aromatic nitrogens is 2. The molecule has 7 heteroatoms. The Labute approximate surface area is 151 Å². The van der Waals surface area contributed by atoms with Crippen molar-refractivity contribution < 1.29 is 13.2 Å². The van der Waals surface area contributed by atoms with Gasteiger partial charge in [0.2, 0.25) is 0 Å². The first-order chi connectivity index (χ1) is 11.6. The number of imidazole rings is 1. The van der Waals surface area contributed by atoms with Crippen LogP contribution >= 0.6 is 11.9 Å². The molecule has 0 spiro atoms. The van der Waals surface area contributed by atoms with Gasteiger partial charge in [-0.15, -0.1) is 0 Å². The first-order valence-electron chi connectivity index (χ1n) is 8.05. The average molecular weight is 371 g/mol. The van der Waals surface area contributed by atoms with E-state index in [0.29, 0.717) is 5.69 Å². The summed E-state index contributed by atoms with van der Waals surface area (Å²) >= 11 is 1.17. The molecule has 2 aromatic rings. The van der Waals surface area contributed by atoms with Crippen LogP contribution in [0.15, 0.2) is 36.8 Å². The van der Waals surface area contributed by atoms with Crippen molar-refractivity contribution in [3.05, 3.63) is 42.4 Å². The smallest absolute Gasteiger partial charge is 0.323 e. The Hall–Kier alpha value is -1.47. The zero-order valence-electron chi connectivity index (χ0n) is 14.9. The number of hydrogen-bond donors (Lipinski definition) is 1. The molecule has 0 fully saturated rings. The number of hydrogen-bond acceptors (Lipinski definition) is 3. The molecule has 1 aromatic carbocycles. The van der Waals surface area contributed by atoms with E-state index in [4.69, 9.17) is 0 Å². The van der Waals surface area contributed by atoms with Gasteiger partial charge in [0.1, 0.15) is 6.04 Å². The van der Waals surface area contributed by atoms with Crippen LogP contribution in [-0.4, -0.2) is 28.5 Å². The van der Waals surface area contributed by atoms with Gasteiger partial charge in [-0.05, 0) is 23.7 Å². The van der Waals surface area contributed by atoms with Gasteiger partial charge in [-0.25, -0.2) is 4.98 Å².